The molecule has 0 saturated carbocycles. The van der Waals surface area contributed by atoms with Crippen molar-refractivity contribution in [2.45, 2.75) is 38.5 Å². The minimum Gasteiger partial charge on any atom is -0.489 e. The van der Waals surface area contributed by atoms with Crippen LogP contribution >= 0.6 is 0 Å². The number of aliphatic hydroxyl groups excluding tert-OH is 1. The Balaban J connectivity index is 1.69. The fourth-order valence-corrected chi connectivity index (χ4v) is 3.17. The molecule has 0 aliphatic heterocycles. The maximum absolute atomic E-state index is 11.3. The van der Waals surface area contributed by atoms with Gasteiger partial charge in [0.05, 0.1) is 18.5 Å². The van der Waals surface area contributed by atoms with E-state index in [-0.39, 0.29) is 11.7 Å². The van der Waals surface area contributed by atoms with E-state index in [0.29, 0.717) is 19.4 Å². The number of aryl methyl sites for hydroxylation is 1. The number of aliphatic hydroxyl groups is 1. The summed E-state index contributed by atoms with van der Waals surface area (Å²) in [6.45, 7) is 2.23. The SMILES string of the molecule is C[C@@H](O)[C@@H](CCc1ccccc1OCc1ccccc1)n1cnc(C(N)=O)c1. The van der Waals surface area contributed by atoms with Crippen LogP contribution in [0.2, 0.25) is 0 Å². The van der Waals surface area contributed by atoms with Crippen molar-refractivity contribution in [2.24, 2.45) is 5.73 Å². The first-order chi connectivity index (χ1) is 13.5. The second kappa shape index (κ2) is 9.19. The number of para-hydroxylation sites is 1. The van der Waals surface area contributed by atoms with Crippen LogP contribution in [0.1, 0.15) is 41.0 Å². The van der Waals surface area contributed by atoms with Crippen LogP contribution in [0.4, 0.5) is 0 Å². The highest BCUT2D eigenvalue weighted by atomic mass is 16.5. The lowest BCUT2D eigenvalue weighted by Crippen LogP contribution is -2.21. The highest BCUT2D eigenvalue weighted by Gasteiger charge is 2.19. The first kappa shape index (κ1) is 19.6. The summed E-state index contributed by atoms with van der Waals surface area (Å²) < 4.78 is 7.76. The average molecular weight is 379 g/mol. The fourth-order valence-electron chi connectivity index (χ4n) is 3.17. The molecule has 0 radical (unpaired) electrons. The molecule has 0 saturated heterocycles. The van der Waals surface area contributed by atoms with Crippen LogP contribution in [0, 0.1) is 0 Å². The molecular weight excluding hydrogens is 354 g/mol. The molecular formula is C22H25N3O3. The number of ether oxygens (including phenoxy) is 1. The van der Waals surface area contributed by atoms with Crippen LogP contribution < -0.4 is 10.5 Å². The van der Waals surface area contributed by atoms with Crippen LogP contribution in [-0.4, -0.2) is 26.7 Å². The van der Waals surface area contributed by atoms with Gasteiger partial charge in [0.2, 0.25) is 0 Å². The molecule has 1 amide bonds. The van der Waals surface area contributed by atoms with Gasteiger partial charge in [0.15, 0.2) is 0 Å². The van der Waals surface area contributed by atoms with E-state index in [2.05, 4.69) is 4.98 Å². The quantitative estimate of drug-likeness (QED) is 0.598. The predicted molar refractivity (Wildman–Crippen MR) is 107 cm³/mol. The van der Waals surface area contributed by atoms with Gasteiger partial charge in [-0.15, -0.1) is 0 Å². The minimum atomic E-state index is -0.604. The molecule has 0 fully saturated rings. The molecule has 0 aliphatic rings. The van der Waals surface area contributed by atoms with E-state index in [1.54, 1.807) is 17.7 Å². The first-order valence-electron chi connectivity index (χ1n) is 9.30. The summed E-state index contributed by atoms with van der Waals surface area (Å²) in [7, 11) is 0. The third kappa shape index (κ3) is 4.98. The number of hydrogen-bond acceptors (Lipinski definition) is 4. The summed E-state index contributed by atoms with van der Waals surface area (Å²) in [6, 6.07) is 17.7. The van der Waals surface area contributed by atoms with Crippen LogP contribution in [0.25, 0.3) is 0 Å². The monoisotopic (exact) mass is 379 g/mol. The van der Waals surface area contributed by atoms with Crippen molar-refractivity contribution in [2.75, 3.05) is 0 Å². The summed E-state index contributed by atoms with van der Waals surface area (Å²) in [4.78, 5) is 15.3. The van der Waals surface area contributed by atoms with Crippen LogP contribution in [0.5, 0.6) is 5.75 Å². The van der Waals surface area contributed by atoms with Crippen LogP contribution in [-0.2, 0) is 13.0 Å². The molecule has 6 nitrogen and oxygen atoms in total. The first-order valence-corrected chi connectivity index (χ1v) is 9.30. The second-order valence-electron chi connectivity index (χ2n) is 6.80. The highest BCUT2D eigenvalue weighted by Crippen LogP contribution is 2.25. The number of amides is 1. The smallest absolute Gasteiger partial charge is 0.268 e. The summed E-state index contributed by atoms with van der Waals surface area (Å²) in [5.41, 5.74) is 7.64. The van der Waals surface area contributed by atoms with Gasteiger partial charge in [-0.05, 0) is 37.0 Å². The zero-order chi connectivity index (χ0) is 19.9. The number of hydrogen-bond donors (Lipinski definition) is 2. The number of nitrogens with two attached hydrogens (primary N) is 1. The Labute approximate surface area is 164 Å². The van der Waals surface area contributed by atoms with E-state index >= 15 is 0 Å². The Bertz CT molecular complexity index is 906. The zero-order valence-electron chi connectivity index (χ0n) is 15.9. The Morgan fingerprint density at radius 2 is 1.89 bits per heavy atom. The molecule has 0 unspecified atom stereocenters. The van der Waals surface area contributed by atoms with Gasteiger partial charge < -0.3 is 20.1 Å². The molecule has 3 N–H and O–H groups in total. The van der Waals surface area contributed by atoms with Gasteiger partial charge in [-0.1, -0.05) is 48.5 Å². The van der Waals surface area contributed by atoms with E-state index in [9.17, 15) is 9.90 Å². The Morgan fingerprint density at radius 3 is 2.57 bits per heavy atom. The standard InChI is InChI=1S/C22H25N3O3/c1-16(26)20(25-13-19(22(23)27)24-15-25)12-11-18-9-5-6-10-21(18)28-14-17-7-3-2-4-8-17/h2-10,13,15-16,20,26H,11-12,14H2,1H3,(H2,23,27)/t16-,20-/m1/s1. The fraction of sp³-hybridized carbons (Fsp3) is 0.273. The third-order valence-electron chi connectivity index (χ3n) is 4.71. The molecule has 0 spiro atoms. The lowest BCUT2D eigenvalue weighted by Gasteiger charge is -2.22. The molecule has 1 heterocycles. The molecule has 0 aliphatic carbocycles. The van der Waals surface area contributed by atoms with Crippen LogP contribution in [0.15, 0.2) is 67.1 Å². The van der Waals surface area contributed by atoms with E-state index in [1.165, 1.54) is 6.33 Å². The number of carbonyl (C=O) groups is 1. The molecule has 2 atom stereocenters. The number of nitrogens with zero attached hydrogens (tertiary/aromatic N) is 2. The Morgan fingerprint density at radius 1 is 1.18 bits per heavy atom. The zero-order valence-corrected chi connectivity index (χ0v) is 15.9. The number of carbonyl (C=O) groups excluding carboxylic acids is 1. The summed E-state index contributed by atoms with van der Waals surface area (Å²) in [5.74, 6) is 0.252. The molecule has 28 heavy (non-hydrogen) atoms. The third-order valence-corrected chi connectivity index (χ3v) is 4.71. The predicted octanol–water partition coefficient (Wildman–Crippen LogP) is 3.12. The number of aromatic nitrogens is 2. The van der Waals surface area contributed by atoms with Crippen molar-refractivity contribution < 1.29 is 14.6 Å². The number of imidazole rings is 1. The number of benzene rings is 2. The minimum absolute atomic E-state index is 0.192. The molecule has 3 aromatic rings. The highest BCUT2D eigenvalue weighted by molar-refractivity contribution is 5.90. The van der Waals surface area contributed by atoms with Gasteiger partial charge >= 0.3 is 0 Å². The molecule has 2 aromatic carbocycles. The second-order valence-corrected chi connectivity index (χ2v) is 6.80. The lowest BCUT2D eigenvalue weighted by atomic mass is 10.0. The van der Waals surface area contributed by atoms with Crippen molar-refractivity contribution >= 4 is 5.91 Å². The normalized spacial score (nSPS) is 13.1. The maximum Gasteiger partial charge on any atom is 0.268 e. The number of primary amides is 1. The van der Waals surface area contributed by atoms with Gasteiger partial charge in [-0.3, -0.25) is 4.79 Å². The van der Waals surface area contributed by atoms with Gasteiger partial charge in [-0.2, -0.15) is 0 Å². The molecule has 6 heteroatoms. The van der Waals surface area contributed by atoms with E-state index in [4.69, 9.17) is 10.5 Å². The van der Waals surface area contributed by atoms with Crippen molar-refractivity contribution in [3.05, 3.63) is 83.9 Å². The Kier molecular flexibility index (Phi) is 6.45. The van der Waals surface area contributed by atoms with E-state index < -0.39 is 12.0 Å². The van der Waals surface area contributed by atoms with Crippen LogP contribution in [0.3, 0.4) is 0 Å². The van der Waals surface area contributed by atoms with Gasteiger partial charge in [0.25, 0.3) is 5.91 Å². The molecule has 3 rings (SSSR count). The van der Waals surface area contributed by atoms with E-state index in [1.807, 2.05) is 54.6 Å². The average Bonchev–Trinajstić information content (AvgIpc) is 3.18. The van der Waals surface area contributed by atoms with Crippen molar-refractivity contribution in [1.82, 2.24) is 9.55 Å². The largest absolute Gasteiger partial charge is 0.489 e. The van der Waals surface area contributed by atoms with Crippen molar-refractivity contribution in [3.63, 3.8) is 0 Å². The Hall–Kier alpha value is -3.12. The summed E-state index contributed by atoms with van der Waals surface area (Å²) in [6.07, 6.45) is 3.89. The topological polar surface area (TPSA) is 90.4 Å². The van der Waals surface area contributed by atoms with Gasteiger partial charge in [0, 0.05) is 6.20 Å². The van der Waals surface area contributed by atoms with Gasteiger partial charge in [-0.25, -0.2) is 4.98 Å². The molecule has 1 aromatic heterocycles. The molecule has 0 bridgehead atoms. The maximum atomic E-state index is 11.3. The number of rotatable bonds is 9. The lowest BCUT2D eigenvalue weighted by molar-refractivity contribution is 0.0994. The van der Waals surface area contributed by atoms with Crippen molar-refractivity contribution in [3.8, 4) is 5.75 Å². The van der Waals surface area contributed by atoms with Gasteiger partial charge in [0.1, 0.15) is 18.1 Å². The summed E-state index contributed by atoms with van der Waals surface area (Å²) >= 11 is 0. The van der Waals surface area contributed by atoms with E-state index in [0.717, 1.165) is 16.9 Å². The van der Waals surface area contributed by atoms with Crippen molar-refractivity contribution in [1.29, 1.82) is 0 Å². The summed E-state index contributed by atoms with van der Waals surface area (Å²) in [5, 5.41) is 10.2. The molecule has 146 valence electrons.